The van der Waals surface area contributed by atoms with E-state index in [-0.39, 0.29) is 23.0 Å². The van der Waals surface area contributed by atoms with E-state index < -0.39 is 16.2 Å². The summed E-state index contributed by atoms with van der Waals surface area (Å²) in [5.41, 5.74) is 3.02. The largest absolute Gasteiger partial charge is 0.508 e. The quantitative estimate of drug-likeness (QED) is 0.0601. The van der Waals surface area contributed by atoms with Gasteiger partial charge in [0.15, 0.2) is 0 Å². The van der Waals surface area contributed by atoms with E-state index in [1.807, 2.05) is 54.6 Å². The molecule has 5 aromatic rings. The molecule has 0 saturated carbocycles. The van der Waals surface area contributed by atoms with E-state index in [1.165, 1.54) is 31.0 Å². The van der Waals surface area contributed by atoms with Crippen LogP contribution in [0.3, 0.4) is 0 Å². The Morgan fingerprint density at radius 1 is 0.712 bits per heavy atom. The van der Waals surface area contributed by atoms with Crippen molar-refractivity contribution < 1.29 is 32.3 Å². The average molecular weight is 741 g/mol. The first-order valence-corrected chi connectivity index (χ1v) is 20.2. The van der Waals surface area contributed by atoms with E-state index >= 15 is 0 Å². The van der Waals surface area contributed by atoms with Crippen LogP contribution in [0.2, 0.25) is 0 Å². The summed E-state index contributed by atoms with van der Waals surface area (Å²) in [5, 5.41) is 22.3. The molecule has 0 aliphatic carbocycles. The van der Waals surface area contributed by atoms with Gasteiger partial charge in [0.25, 0.3) is 0 Å². The lowest BCUT2D eigenvalue weighted by molar-refractivity contribution is 0.115. The van der Waals surface area contributed by atoms with Crippen molar-refractivity contribution in [3.63, 3.8) is 0 Å². The van der Waals surface area contributed by atoms with Crippen LogP contribution in [0.1, 0.15) is 81.6 Å². The summed E-state index contributed by atoms with van der Waals surface area (Å²) in [5.74, 6) is 1.07. The molecule has 0 radical (unpaired) electrons. The second-order valence-corrected chi connectivity index (χ2v) is 15.3. The molecule has 274 valence electrons. The highest BCUT2D eigenvalue weighted by Gasteiger charge is 2.25. The van der Waals surface area contributed by atoms with Gasteiger partial charge < -0.3 is 23.9 Å². The number of aromatic hydroxyl groups is 1. The second kappa shape index (κ2) is 19.5. The predicted molar refractivity (Wildman–Crippen MR) is 208 cm³/mol. The van der Waals surface area contributed by atoms with Crippen LogP contribution in [-0.4, -0.2) is 31.8 Å². The fourth-order valence-electron chi connectivity index (χ4n) is 5.73. The second-order valence-electron chi connectivity index (χ2n) is 12.6. The Kier molecular flexibility index (Phi) is 14.6. The third kappa shape index (κ3) is 10.9. The van der Waals surface area contributed by atoms with Gasteiger partial charge in [0.1, 0.15) is 28.2 Å². The zero-order valence-corrected chi connectivity index (χ0v) is 31.5. The summed E-state index contributed by atoms with van der Waals surface area (Å²) in [6.07, 6.45) is 6.61. The van der Waals surface area contributed by atoms with Crippen molar-refractivity contribution in [1.82, 2.24) is 0 Å². The van der Waals surface area contributed by atoms with Crippen molar-refractivity contribution in [3.05, 3.63) is 132 Å². The van der Waals surface area contributed by atoms with E-state index in [1.54, 1.807) is 60.7 Å². The number of phenols is 1. The Labute approximate surface area is 312 Å². The van der Waals surface area contributed by atoms with E-state index in [4.69, 9.17) is 13.7 Å². The lowest BCUT2D eigenvalue weighted by atomic mass is 9.92. The molecule has 0 heterocycles. The predicted octanol–water partition coefficient (Wildman–Crippen LogP) is 10.7. The van der Waals surface area contributed by atoms with E-state index in [2.05, 4.69) is 13.8 Å². The van der Waals surface area contributed by atoms with Gasteiger partial charge in [-0.25, -0.2) is 0 Å². The number of rotatable bonds is 20. The maximum absolute atomic E-state index is 13.9. The van der Waals surface area contributed by atoms with Crippen molar-refractivity contribution in [2.24, 2.45) is 0 Å². The minimum Gasteiger partial charge on any atom is -0.508 e. The molecule has 1 unspecified atom stereocenters. The van der Waals surface area contributed by atoms with Crippen molar-refractivity contribution in [3.8, 4) is 28.4 Å². The van der Waals surface area contributed by atoms with Gasteiger partial charge in [-0.2, -0.15) is 8.42 Å². The Morgan fingerprint density at radius 2 is 1.44 bits per heavy atom. The highest BCUT2D eigenvalue weighted by Crippen LogP contribution is 2.40. The average Bonchev–Trinajstić information content (AvgIpc) is 3.16. The molecule has 0 aromatic heterocycles. The van der Waals surface area contributed by atoms with Crippen molar-refractivity contribution in [1.29, 1.82) is 0 Å². The monoisotopic (exact) mass is 740 g/mol. The van der Waals surface area contributed by atoms with E-state index in [0.29, 0.717) is 45.9 Å². The molecular formula is C43H48O7S2. The molecule has 0 fully saturated rings. The highest BCUT2D eigenvalue weighted by atomic mass is 32.2. The summed E-state index contributed by atoms with van der Waals surface area (Å²) in [6, 6.07) is 33.6. The number of phenolic OH excluding ortho intramolecular Hbond substituents is 1. The zero-order chi connectivity index (χ0) is 36.8. The smallest absolute Gasteiger partial charge is 0.340 e. The van der Waals surface area contributed by atoms with Crippen LogP contribution in [0.5, 0.6) is 17.2 Å². The van der Waals surface area contributed by atoms with Gasteiger partial charge in [-0.05, 0) is 95.8 Å². The molecule has 0 spiro atoms. The molecule has 0 saturated heterocycles. The first-order valence-electron chi connectivity index (χ1n) is 18.0. The molecule has 52 heavy (non-hydrogen) atoms. The van der Waals surface area contributed by atoms with E-state index in [0.717, 1.165) is 36.3 Å². The minimum absolute atomic E-state index is 0.00480. The molecule has 0 aliphatic heterocycles. The lowest BCUT2D eigenvalue weighted by Gasteiger charge is -2.19. The van der Waals surface area contributed by atoms with Crippen LogP contribution in [0.15, 0.2) is 130 Å². The first-order chi connectivity index (χ1) is 25.3. The fourth-order valence-corrected chi connectivity index (χ4v) is 8.02. The third-order valence-electron chi connectivity index (χ3n) is 8.62. The number of unbranched alkanes of at least 4 members (excludes halogenated alkanes) is 5. The molecule has 5 aromatic carbocycles. The molecule has 0 amide bonds. The topological polar surface area (TPSA) is 102 Å². The van der Waals surface area contributed by atoms with Gasteiger partial charge in [0, 0.05) is 22.0 Å². The van der Waals surface area contributed by atoms with Crippen LogP contribution < -0.4 is 8.92 Å². The standard InChI is InChI=1S/C43H48O7S2/c1-3-5-7-8-14-27-48-31-34-29-33(19-25-40(34)44)43(45)39-18-13-12-17-38(39)32-20-26-41(51-37-23-21-35(22-24-37)49-28-6-4-2)42(30-32)52(46,47)50-36-15-10-9-11-16-36/h9-13,15-26,29-30,43-45H,3-8,14,27-28,31H2,1-2H3. The number of hydrogen-bond acceptors (Lipinski definition) is 8. The minimum atomic E-state index is -4.28. The summed E-state index contributed by atoms with van der Waals surface area (Å²) < 4.78 is 45.2. The highest BCUT2D eigenvalue weighted by molar-refractivity contribution is 8.00. The maximum Gasteiger partial charge on any atom is 0.340 e. The number of ether oxygens (including phenoxy) is 2. The molecule has 7 nitrogen and oxygen atoms in total. The SMILES string of the molecule is CCCCCCCOCc1cc(C(O)c2ccccc2-c2ccc(Sc3ccc(OCCCC)cc3)c(S(=O)(=O)Oc3ccccc3)c2)ccc1O. The van der Waals surface area contributed by atoms with Gasteiger partial charge in [-0.15, -0.1) is 0 Å². The van der Waals surface area contributed by atoms with Gasteiger partial charge >= 0.3 is 10.1 Å². The summed E-state index contributed by atoms with van der Waals surface area (Å²) in [4.78, 5) is 1.34. The molecular weight excluding hydrogens is 693 g/mol. The van der Waals surface area contributed by atoms with Crippen LogP contribution in [0.4, 0.5) is 0 Å². The third-order valence-corrected chi connectivity index (χ3v) is 11.1. The molecule has 5 rings (SSSR count). The number of aliphatic hydroxyl groups is 1. The summed E-state index contributed by atoms with van der Waals surface area (Å²) in [7, 11) is -4.28. The summed E-state index contributed by atoms with van der Waals surface area (Å²) in [6.45, 7) is 5.78. The normalized spacial score (nSPS) is 12.1. The van der Waals surface area contributed by atoms with Crippen LogP contribution in [0, 0.1) is 0 Å². The molecule has 0 bridgehead atoms. The zero-order valence-electron chi connectivity index (χ0n) is 29.9. The Morgan fingerprint density at radius 3 is 2.21 bits per heavy atom. The van der Waals surface area contributed by atoms with Crippen molar-refractivity contribution in [2.45, 2.75) is 86.2 Å². The maximum atomic E-state index is 13.9. The van der Waals surface area contributed by atoms with E-state index in [9.17, 15) is 18.6 Å². The molecule has 0 aliphatic rings. The number of aliphatic hydroxyl groups excluding tert-OH is 1. The Hall–Kier alpha value is -4.28. The van der Waals surface area contributed by atoms with Gasteiger partial charge in [-0.3, -0.25) is 0 Å². The van der Waals surface area contributed by atoms with Crippen LogP contribution in [-0.2, 0) is 21.5 Å². The summed E-state index contributed by atoms with van der Waals surface area (Å²) >= 11 is 1.32. The Balaban J connectivity index is 1.43. The van der Waals surface area contributed by atoms with Gasteiger partial charge in [0.2, 0.25) is 0 Å². The molecule has 2 N–H and O–H groups in total. The number of para-hydroxylation sites is 1. The molecule has 1 atom stereocenters. The van der Waals surface area contributed by atoms with Crippen molar-refractivity contribution >= 4 is 21.9 Å². The van der Waals surface area contributed by atoms with Gasteiger partial charge in [-0.1, -0.05) is 112 Å². The van der Waals surface area contributed by atoms with Crippen LogP contribution >= 0.6 is 11.8 Å². The molecule has 9 heteroatoms. The van der Waals surface area contributed by atoms with Crippen LogP contribution in [0.25, 0.3) is 11.1 Å². The van der Waals surface area contributed by atoms with Gasteiger partial charge in [0.05, 0.1) is 13.2 Å². The lowest BCUT2D eigenvalue weighted by Crippen LogP contribution is -2.11. The first kappa shape index (κ1) is 38.9. The Bertz CT molecular complexity index is 1960. The van der Waals surface area contributed by atoms with Crippen molar-refractivity contribution in [2.75, 3.05) is 13.2 Å². The number of hydrogen-bond donors (Lipinski definition) is 2. The number of benzene rings is 5. The fraction of sp³-hybridized carbons (Fsp3) is 0.302.